The van der Waals surface area contributed by atoms with E-state index in [1.54, 1.807) is 24.7 Å². The van der Waals surface area contributed by atoms with E-state index in [9.17, 15) is 0 Å². The monoisotopic (exact) mass is 282 g/mol. The molecule has 0 amide bonds. The van der Waals surface area contributed by atoms with Gasteiger partial charge in [-0.1, -0.05) is 42.5 Å². The summed E-state index contributed by atoms with van der Waals surface area (Å²) in [5, 5.41) is 4.59. The Labute approximate surface area is 121 Å². The Kier molecular flexibility index (Phi) is 3.45. The highest BCUT2D eigenvalue weighted by Gasteiger charge is 2.11. The fourth-order valence-corrected chi connectivity index (χ4v) is 2.89. The minimum absolute atomic E-state index is 0.740. The number of hydrogen-bond donors (Lipinski definition) is 1. The highest BCUT2D eigenvalue weighted by Crippen LogP contribution is 2.31. The number of hydrogen-bond acceptors (Lipinski definition) is 5. The van der Waals surface area contributed by atoms with E-state index in [4.69, 9.17) is 5.84 Å². The maximum absolute atomic E-state index is 5.84. The van der Waals surface area contributed by atoms with Crippen molar-refractivity contribution in [2.45, 2.75) is 0 Å². The van der Waals surface area contributed by atoms with Gasteiger partial charge in [-0.3, -0.25) is 5.01 Å². The number of anilines is 1. The maximum Gasteiger partial charge on any atom is 0.155 e. The van der Waals surface area contributed by atoms with E-state index in [1.165, 1.54) is 5.01 Å². The molecule has 2 heterocycles. The van der Waals surface area contributed by atoms with Gasteiger partial charge in [0.2, 0.25) is 0 Å². The molecule has 3 rings (SSSR count). The van der Waals surface area contributed by atoms with Crippen LogP contribution in [-0.2, 0) is 0 Å². The van der Waals surface area contributed by atoms with Gasteiger partial charge in [0.1, 0.15) is 11.2 Å². The summed E-state index contributed by atoms with van der Waals surface area (Å²) in [6.45, 7) is 0. The van der Waals surface area contributed by atoms with Gasteiger partial charge < -0.3 is 0 Å². The van der Waals surface area contributed by atoms with E-state index >= 15 is 0 Å². The Morgan fingerprint density at radius 1 is 1.15 bits per heavy atom. The van der Waals surface area contributed by atoms with Gasteiger partial charge in [0.05, 0.1) is 5.39 Å². The molecule has 0 atom stereocenters. The minimum atomic E-state index is 0.740. The molecule has 20 heavy (non-hydrogen) atoms. The molecule has 2 N–H and O–H groups in total. The first-order valence-electron chi connectivity index (χ1n) is 6.19. The average Bonchev–Trinajstić information content (AvgIpc) is 2.89. The lowest BCUT2D eigenvalue weighted by atomic mass is 10.1. The normalized spacial score (nSPS) is 11.3. The topological polar surface area (TPSA) is 55.0 Å². The van der Waals surface area contributed by atoms with E-state index < -0.39 is 0 Å². The van der Waals surface area contributed by atoms with Gasteiger partial charge in [-0.25, -0.2) is 15.8 Å². The molecule has 4 nitrogen and oxygen atoms in total. The number of aromatic nitrogens is 2. The average molecular weight is 282 g/mol. The summed E-state index contributed by atoms with van der Waals surface area (Å²) in [5.41, 5.74) is 2.24. The van der Waals surface area contributed by atoms with E-state index in [0.29, 0.717) is 0 Å². The van der Waals surface area contributed by atoms with Crippen LogP contribution in [0.2, 0.25) is 0 Å². The molecule has 0 fully saturated rings. The molecule has 0 spiro atoms. The Morgan fingerprint density at radius 2 is 1.95 bits per heavy atom. The van der Waals surface area contributed by atoms with Crippen molar-refractivity contribution in [1.29, 1.82) is 0 Å². The lowest BCUT2D eigenvalue weighted by Gasteiger charge is -2.11. The van der Waals surface area contributed by atoms with Gasteiger partial charge in [-0.15, -0.1) is 11.3 Å². The predicted octanol–water partition coefficient (Wildman–Crippen LogP) is 3.17. The molecule has 0 unspecified atom stereocenters. The zero-order valence-electron chi connectivity index (χ0n) is 11.0. The van der Waals surface area contributed by atoms with E-state index in [-0.39, 0.29) is 0 Å². The van der Waals surface area contributed by atoms with Crippen molar-refractivity contribution in [3.8, 4) is 0 Å². The molecule has 0 radical (unpaired) electrons. The van der Waals surface area contributed by atoms with Crippen LogP contribution in [0.1, 0.15) is 11.1 Å². The molecule has 0 aliphatic rings. The zero-order chi connectivity index (χ0) is 13.9. The van der Waals surface area contributed by atoms with Crippen LogP contribution < -0.4 is 10.9 Å². The molecule has 0 aliphatic carbocycles. The van der Waals surface area contributed by atoms with Crippen molar-refractivity contribution >= 4 is 39.5 Å². The van der Waals surface area contributed by atoms with E-state index in [0.717, 1.165) is 27.2 Å². The van der Waals surface area contributed by atoms with Gasteiger partial charge in [0.25, 0.3) is 0 Å². The number of benzene rings is 1. The third kappa shape index (κ3) is 2.41. The van der Waals surface area contributed by atoms with Crippen LogP contribution in [0.25, 0.3) is 22.4 Å². The molecule has 0 saturated carbocycles. The number of fused-ring (bicyclic) bond motifs is 1. The number of thiophene rings is 1. The van der Waals surface area contributed by atoms with Crippen molar-refractivity contribution in [3.63, 3.8) is 0 Å². The number of nitrogens with zero attached hydrogens (tertiary/aromatic N) is 3. The lowest BCUT2D eigenvalue weighted by molar-refractivity contribution is 0.979. The standard InChI is InChI=1S/C15H14N4S/c1-19(16)14-13-12(9-20-15(13)18-10-17-14)8-7-11-5-3-2-4-6-11/h2-10H,16H2,1H3/b8-7+. The van der Waals surface area contributed by atoms with Gasteiger partial charge >= 0.3 is 0 Å². The molecular weight excluding hydrogens is 268 g/mol. The largest absolute Gasteiger partial charge is 0.297 e. The summed E-state index contributed by atoms with van der Waals surface area (Å²) >= 11 is 1.60. The first kappa shape index (κ1) is 12.8. The molecule has 0 saturated heterocycles. The molecule has 0 aliphatic heterocycles. The first-order chi connectivity index (χ1) is 9.75. The van der Waals surface area contributed by atoms with Crippen LogP contribution in [0.15, 0.2) is 42.0 Å². The highest BCUT2D eigenvalue weighted by molar-refractivity contribution is 7.17. The van der Waals surface area contributed by atoms with Crippen LogP contribution >= 0.6 is 11.3 Å². The third-order valence-corrected chi connectivity index (χ3v) is 3.87. The fourth-order valence-electron chi connectivity index (χ4n) is 2.02. The number of rotatable bonds is 3. The molecule has 2 aromatic heterocycles. The van der Waals surface area contributed by atoms with Gasteiger partial charge in [-0.2, -0.15) is 0 Å². The quantitative estimate of drug-likeness (QED) is 0.592. The van der Waals surface area contributed by atoms with Crippen molar-refractivity contribution in [2.75, 3.05) is 12.1 Å². The highest BCUT2D eigenvalue weighted by atomic mass is 32.1. The number of nitrogens with two attached hydrogens (primary N) is 1. The van der Waals surface area contributed by atoms with Crippen molar-refractivity contribution < 1.29 is 0 Å². The number of hydrazine groups is 1. The summed E-state index contributed by atoms with van der Waals surface area (Å²) in [7, 11) is 1.78. The van der Waals surface area contributed by atoms with E-state index in [2.05, 4.69) is 39.6 Å². The summed E-state index contributed by atoms with van der Waals surface area (Å²) in [6, 6.07) is 10.2. The molecule has 5 heteroatoms. The molecule has 0 bridgehead atoms. The van der Waals surface area contributed by atoms with Crippen LogP contribution in [0.5, 0.6) is 0 Å². The van der Waals surface area contributed by atoms with Crippen molar-refractivity contribution in [2.24, 2.45) is 5.84 Å². The van der Waals surface area contributed by atoms with Gasteiger partial charge in [0, 0.05) is 12.4 Å². The Morgan fingerprint density at radius 3 is 2.70 bits per heavy atom. The van der Waals surface area contributed by atoms with Gasteiger partial charge in [0.15, 0.2) is 5.82 Å². The van der Waals surface area contributed by atoms with E-state index in [1.807, 2.05) is 18.2 Å². The maximum atomic E-state index is 5.84. The second kappa shape index (κ2) is 5.40. The second-order valence-electron chi connectivity index (χ2n) is 4.42. The smallest absolute Gasteiger partial charge is 0.155 e. The Hall–Kier alpha value is -2.24. The predicted molar refractivity (Wildman–Crippen MR) is 85.4 cm³/mol. The van der Waals surface area contributed by atoms with Crippen LogP contribution in [-0.4, -0.2) is 17.0 Å². The van der Waals surface area contributed by atoms with Crippen LogP contribution in [0, 0.1) is 0 Å². The molecule has 1 aromatic carbocycles. The zero-order valence-corrected chi connectivity index (χ0v) is 11.8. The van der Waals surface area contributed by atoms with Crippen molar-refractivity contribution in [1.82, 2.24) is 9.97 Å². The molecular formula is C15H14N4S. The summed E-state index contributed by atoms with van der Waals surface area (Å²) in [6.07, 6.45) is 5.70. The molecule has 100 valence electrons. The summed E-state index contributed by atoms with van der Waals surface area (Å²) in [5.74, 6) is 6.58. The van der Waals surface area contributed by atoms with Crippen LogP contribution in [0.3, 0.4) is 0 Å². The van der Waals surface area contributed by atoms with Crippen LogP contribution in [0.4, 0.5) is 5.82 Å². The van der Waals surface area contributed by atoms with Gasteiger partial charge in [-0.05, 0) is 11.1 Å². The minimum Gasteiger partial charge on any atom is -0.297 e. The summed E-state index contributed by atoms with van der Waals surface area (Å²) < 4.78 is 0. The summed E-state index contributed by atoms with van der Waals surface area (Å²) in [4.78, 5) is 9.49. The second-order valence-corrected chi connectivity index (χ2v) is 5.28. The lowest BCUT2D eigenvalue weighted by Crippen LogP contribution is -2.26. The Bertz CT molecular complexity index is 747. The van der Waals surface area contributed by atoms with Crippen molar-refractivity contribution in [3.05, 3.63) is 53.2 Å². The SMILES string of the molecule is CN(N)c1ncnc2scc(/C=C/c3ccccc3)c12. The molecule has 3 aromatic rings. The Balaban J connectivity index is 2.06. The fraction of sp³-hybridized carbons (Fsp3) is 0.0667. The third-order valence-electron chi connectivity index (χ3n) is 2.97. The first-order valence-corrected chi connectivity index (χ1v) is 7.07.